The molecule has 2 aromatic carbocycles. The standard InChI is InChI=1S/C33H40N4O2/c1-3-8-32(38)39-31-12-7-11-30(31)33(35-2,27-9-5-4-6-10-27)28-17-19-36(20-18-28)22-26-23-37(24-26)29-15-13-25(21-34)14-16-29/h4-6,9-10,13-16,26,28,30-31H,3,7-8,11-12,17-20,22-24H2,1H3/t30-,31-,33-/m0/s1. The van der Waals surface area contributed by atoms with Crippen LogP contribution in [0.2, 0.25) is 0 Å². The summed E-state index contributed by atoms with van der Waals surface area (Å²) in [5, 5.41) is 9.04. The van der Waals surface area contributed by atoms with Crippen LogP contribution >= 0.6 is 0 Å². The Balaban J connectivity index is 1.24. The fourth-order valence-electron chi connectivity index (χ4n) is 7.26. The number of carbonyl (C=O) groups is 1. The van der Waals surface area contributed by atoms with Gasteiger partial charge in [-0.25, -0.2) is 6.57 Å². The maximum absolute atomic E-state index is 12.5. The number of hydrogen-bond donors (Lipinski definition) is 0. The molecule has 1 aliphatic carbocycles. The summed E-state index contributed by atoms with van der Waals surface area (Å²) in [4.78, 5) is 21.9. The summed E-state index contributed by atoms with van der Waals surface area (Å²) < 4.78 is 6.03. The van der Waals surface area contributed by atoms with Crippen LogP contribution in [-0.4, -0.2) is 49.7 Å². The molecule has 0 bridgehead atoms. The van der Waals surface area contributed by atoms with Gasteiger partial charge < -0.3 is 19.4 Å². The molecule has 6 heteroatoms. The molecule has 2 aromatic rings. The van der Waals surface area contributed by atoms with E-state index in [1.807, 2.05) is 49.4 Å². The molecule has 0 radical (unpaired) electrons. The van der Waals surface area contributed by atoms with Gasteiger partial charge in [0, 0.05) is 49.1 Å². The van der Waals surface area contributed by atoms with Crippen molar-refractivity contribution in [2.24, 2.45) is 17.8 Å². The number of likely N-dealkylation sites (tertiary alicyclic amines) is 1. The number of anilines is 1. The minimum Gasteiger partial charge on any atom is -0.462 e. The minimum atomic E-state index is -0.649. The maximum atomic E-state index is 12.5. The largest absolute Gasteiger partial charge is 0.462 e. The van der Waals surface area contributed by atoms with Gasteiger partial charge in [0.2, 0.25) is 0 Å². The molecule has 0 N–H and O–H groups in total. The molecule has 204 valence electrons. The second kappa shape index (κ2) is 12.2. The first-order chi connectivity index (χ1) is 19.1. The lowest BCUT2D eigenvalue weighted by molar-refractivity contribution is -0.152. The summed E-state index contributed by atoms with van der Waals surface area (Å²) in [7, 11) is 0. The molecule has 0 spiro atoms. The zero-order valence-electron chi connectivity index (χ0n) is 23.1. The lowest BCUT2D eigenvalue weighted by Crippen LogP contribution is -2.54. The SMILES string of the molecule is [C-]#[N+][C@@](c1ccccc1)(C1CCN(CC2CN(c3ccc(C#N)cc3)C2)CC1)[C@H]1CCC[C@@H]1OC(=O)CCC. The highest BCUT2D eigenvalue weighted by Gasteiger charge is 2.58. The van der Waals surface area contributed by atoms with E-state index in [-0.39, 0.29) is 23.9 Å². The van der Waals surface area contributed by atoms with E-state index >= 15 is 0 Å². The van der Waals surface area contributed by atoms with Crippen molar-refractivity contribution in [1.29, 1.82) is 5.26 Å². The van der Waals surface area contributed by atoms with Gasteiger partial charge in [-0.2, -0.15) is 5.26 Å². The minimum absolute atomic E-state index is 0.0439. The predicted octanol–water partition coefficient (Wildman–Crippen LogP) is 6.03. The van der Waals surface area contributed by atoms with Gasteiger partial charge in [-0.1, -0.05) is 37.3 Å². The summed E-state index contributed by atoms with van der Waals surface area (Å²) in [6, 6.07) is 20.4. The topological polar surface area (TPSA) is 60.9 Å². The Hall–Kier alpha value is -3.35. The predicted molar refractivity (Wildman–Crippen MR) is 153 cm³/mol. The zero-order valence-corrected chi connectivity index (χ0v) is 23.1. The Morgan fingerprint density at radius 3 is 2.44 bits per heavy atom. The second-order valence-corrected chi connectivity index (χ2v) is 11.6. The molecule has 3 aliphatic rings. The van der Waals surface area contributed by atoms with Gasteiger partial charge in [0.15, 0.2) is 0 Å². The van der Waals surface area contributed by atoms with Crippen LogP contribution in [-0.2, 0) is 15.1 Å². The number of nitriles is 1. The van der Waals surface area contributed by atoms with E-state index in [9.17, 15) is 4.79 Å². The van der Waals surface area contributed by atoms with Gasteiger partial charge in [0.1, 0.15) is 6.10 Å². The highest BCUT2D eigenvalue weighted by atomic mass is 16.5. The lowest BCUT2D eigenvalue weighted by Gasteiger charge is -2.46. The van der Waals surface area contributed by atoms with Crippen LogP contribution < -0.4 is 4.90 Å². The van der Waals surface area contributed by atoms with E-state index in [2.05, 4.69) is 32.8 Å². The fraction of sp³-hybridized carbons (Fsp3) is 0.545. The van der Waals surface area contributed by atoms with Crippen LogP contribution in [0.4, 0.5) is 5.69 Å². The van der Waals surface area contributed by atoms with E-state index in [0.717, 1.165) is 76.8 Å². The number of benzene rings is 2. The smallest absolute Gasteiger partial charge is 0.306 e. The Kier molecular flexibility index (Phi) is 8.53. The number of rotatable bonds is 9. The molecule has 0 amide bonds. The van der Waals surface area contributed by atoms with Gasteiger partial charge in [0.25, 0.3) is 5.54 Å². The van der Waals surface area contributed by atoms with E-state index in [4.69, 9.17) is 16.6 Å². The summed E-state index contributed by atoms with van der Waals surface area (Å²) in [5.41, 5.74) is 2.34. The van der Waals surface area contributed by atoms with Gasteiger partial charge in [0.05, 0.1) is 17.6 Å². The third-order valence-corrected chi connectivity index (χ3v) is 9.22. The van der Waals surface area contributed by atoms with Crippen LogP contribution in [0.1, 0.15) is 63.0 Å². The van der Waals surface area contributed by atoms with Crippen molar-refractivity contribution in [3.05, 3.63) is 77.1 Å². The number of ether oxygens (including phenoxy) is 1. The molecule has 3 atom stereocenters. The molecule has 39 heavy (non-hydrogen) atoms. The molecular formula is C33H40N4O2. The average Bonchev–Trinajstić information content (AvgIpc) is 3.41. The van der Waals surface area contributed by atoms with Gasteiger partial charge in [-0.3, -0.25) is 4.79 Å². The van der Waals surface area contributed by atoms with Crippen molar-refractivity contribution in [2.45, 2.75) is 63.5 Å². The van der Waals surface area contributed by atoms with Crippen molar-refractivity contribution in [3.63, 3.8) is 0 Å². The van der Waals surface area contributed by atoms with Crippen LogP contribution in [0, 0.1) is 35.7 Å². The molecule has 1 saturated carbocycles. The van der Waals surface area contributed by atoms with Crippen LogP contribution in [0.3, 0.4) is 0 Å². The van der Waals surface area contributed by atoms with Gasteiger partial charge >= 0.3 is 5.97 Å². The van der Waals surface area contributed by atoms with Crippen molar-refractivity contribution in [3.8, 4) is 6.07 Å². The molecule has 3 fully saturated rings. The lowest BCUT2D eigenvalue weighted by atomic mass is 9.65. The molecule has 2 aliphatic heterocycles. The van der Waals surface area contributed by atoms with Crippen LogP contribution in [0.15, 0.2) is 54.6 Å². The first-order valence-electron chi connectivity index (χ1n) is 14.7. The third kappa shape index (κ3) is 5.68. The average molecular weight is 525 g/mol. The Morgan fingerprint density at radius 1 is 1.08 bits per heavy atom. The Morgan fingerprint density at radius 2 is 1.79 bits per heavy atom. The molecule has 2 saturated heterocycles. The first-order valence-corrected chi connectivity index (χ1v) is 14.7. The van der Waals surface area contributed by atoms with Gasteiger partial charge in [-0.15, -0.1) is 0 Å². The summed E-state index contributed by atoms with van der Waals surface area (Å²) in [6.07, 6.45) is 5.87. The van der Waals surface area contributed by atoms with Crippen molar-refractivity contribution in [2.75, 3.05) is 37.6 Å². The Labute approximate surface area is 233 Å². The van der Waals surface area contributed by atoms with E-state index in [0.29, 0.717) is 17.9 Å². The quantitative estimate of drug-likeness (QED) is 0.296. The summed E-state index contributed by atoms with van der Waals surface area (Å²) >= 11 is 0. The van der Waals surface area contributed by atoms with E-state index < -0.39 is 5.54 Å². The molecule has 2 heterocycles. The van der Waals surface area contributed by atoms with E-state index in [1.165, 1.54) is 5.69 Å². The second-order valence-electron chi connectivity index (χ2n) is 11.6. The Bertz CT molecular complexity index is 1190. The molecular weight excluding hydrogens is 484 g/mol. The van der Waals surface area contributed by atoms with Crippen LogP contribution in [0.5, 0.6) is 0 Å². The monoisotopic (exact) mass is 524 g/mol. The van der Waals surface area contributed by atoms with Crippen molar-refractivity contribution < 1.29 is 9.53 Å². The molecule has 0 aromatic heterocycles. The third-order valence-electron chi connectivity index (χ3n) is 9.22. The van der Waals surface area contributed by atoms with Crippen molar-refractivity contribution >= 4 is 11.7 Å². The fourth-order valence-corrected chi connectivity index (χ4v) is 7.26. The first kappa shape index (κ1) is 27.2. The number of piperidine rings is 1. The number of esters is 1. The number of nitrogens with zero attached hydrogens (tertiary/aromatic N) is 4. The normalized spacial score (nSPS) is 23.8. The van der Waals surface area contributed by atoms with Crippen LogP contribution in [0.25, 0.3) is 4.85 Å². The maximum Gasteiger partial charge on any atom is 0.306 e. The number of hydrogen-bond acceptors (Lipinski definition) is 5. The summed E-state index contributed by atoms with van der Waals surface area (Å²) in [6.45, 7) is 15.8. The highest BCUT2D eigenvalue weighted by Crippen LogP contribution is 2.52. The van der Waals surface area contributed by atoms with Crippen molar-refractivity contribution in [1.82, 2.24) is 4.90 Å². The molecule has 6 nitrogen and oxygen atoms in total. The number of carbonyl (C=O) groups excluding carboxylic acids is 1. The van der Waals surface area contributed by atoms with E-state index in [1.54, 1.807) is 0 Å². The summed E-state index contributed by atoms with van der Waals surface area (Å²) in [5.74, 6) is 0.823. The zero-order chi connectivity index (χ0) is 27.2. The molecule has 0 unspecified atom stereocenters. The highest BCUT2D eigenvalue weighted by molar-refractivity contribution is 5.69. The molecule has 5 rings (SSSR count). The van der Waals surface area contributed by atoms with Gasteiger partial charge in [-0.05, 0) is 75.9 Å².